The first-order valence-corrected chi connectivity index (χ1v) is 33.6. The number of aliphatic hydroxyl groups is 5. The molecule has 0 radical (unpaired) electrons. The number of amides is 1. The Morgan fingerprint density at radius 1 is 0.434 bits per heavy atom. The van der Waals surface area contributed by atoms with Crippen LogP contribution in [0.1, 0.15) is 341 Å². The molecule has 7 unspecified atom stereocenters. The second kappa shape index (κ2) is 56.9. The largest absolute Gasteiger partial charge is 0.394 e. The van der Waals surface area contributed by atoms with Crippen molar-refractivity contribution < 1.29 is 39.8 Å². The number of carbonyl (C=O) groups is 1. The maximum atomic E-state index is 13.1. The summed E-state index contributed by atoms with van der Waals surface area (Å²) in [7, 11) is 0. The van der Waals surface area contributed by atoms with Gasteiger partial charge in [-0.3, -0.25) is 4.79 Å². The average molecular weight is 1080 g/mol. The summed E-state index contributed by atoms with van der Waals surface area (Å²) in [6.45, 7) is 3.82. The molecule has 0 bridgehead atoms. The molecular formula is C67H129NO8. The Hall–Kier alpha value is -1.33. The lowest BCUT2D eigenvalue weighted by atomic mass is 9.99. The first-order chi connectivity index (χ1) is 37.3. The average Bonchev–Trinajstić information content (AvgIpc) is 3.42. The highest BCUT2D eigenvalue weighted by Gasteiger charge is 2.44. The van der Waals surface area contributed by atoms with Crippen LogP contribution in [0.3, 0.4) is 0 Å². The van der Waals surface area contributed by atoms with E-state index in [0.29, 0.717) is 6.42 Å². The van der Waals surface area contributed by atoms with Crippen molar-refractivity contribution in [2.24, 2.45) is 0 Å². The quantitative estimate of drug-likeness (QED) is 0.0261. The minimum Gasteiger partial charge on any atom is -0.394 e. The molecule has 1 aliphatic rings. The third kappa shape index (κ3) is 45.4. The van der Waals surface area contributed by atoms with Crippen LogP contribution in [-0.2, 0) is 14.3 Å². The van der Waals surface area contributed by atoms with Crippen LogP contribution in [0.2, 0.25) is 0 Å². The second-order valence-corrected chi connectivity index (χ2v) is 23.6. The predicted octanol–water partition coefficient (Wildman–Crippen LogP) is 17.7. The van der Waals surface area contributed by atoms with Crippen LogP contribution < -0.4 is 5.32 Å². The zero-order valence-electron chi connectivity index (χ0n) is 50.3. The first kappa shape index (κ1) is 72.7. The summed E-state index contributed by atoms with van der Waals surface area (Å²) in [5.74, 6) is -0.178. The van der Waals surface area contributed by atoms with Gasteiger partial charge < -0.3 is 40.3 Å². The number of carbonyl (C=O) groups excluding carboxylic acids is 1. The molecule has 9 nitrogen and oxygen atoms in total. The monoisotopic (exact) mass is 1080 g/mol. The van der Waals surface area contributed by atoms with E-state index >= 15 is 0 Å². The fourth-order valence-corrected chi connectivity index (χ4v) is 11.0. The number of hydrogen-bond donors (Lipinski definition) is 6. The van der Waals surface area contributed by atoms with Gasteiger partial charge in [-0.25, -0.2) is 0 Å². The molecule has 0 spiro atoms. The molecule has 76 heavy (non-hydrogen) atoms. The SMILES string of the molecule is CCCCCCCCCCCCCCCCCCCCCC/C=C/CC/C=C/C(O)C(COC1OC(CO)C(O)C(O)C1O)NC(=O)CCCCCCCCCCCCCCCCCCCCCCCCCCCCC. The Morgan fingerprint density at radius 2 is 0.750 bits per heavy atom. The summed E-state index contributed by atoms with van der Waals surface area (Å²) < 4.78 is 11.3. The molecule has 0 aromatic carbocycles. The van der Waals surface area contributed by atoms with Gasteiger partial charge in [-0.1, -0.05) is 327 Å². The van der Waals surface area contributed by atoms with Crippen molar-refractivity contribution in [1.29, 1.82) is 0 Å². The predicted molar refractivity (Wildman–Crippen MR) is 323 cm³/mol. The molecule has 1 fully saturated rings. The molecule has 7 atom stereocenters. The van der Waals surface area contributed by atoms with Gasteiger partial charge in [-0.05, 0) is 32.1 Å². The molecule has 9 heteroatoms. The maximum absolute atomic E-state index is 13.1. The van der Waals surface area contributed by atoms with Gasteiger partial charge in [0.05, 0.1) is 25.4 Å². The second-order valence-electron chi connectivity index (χ2n) is 23.6. The van der Waals surface area contributed by atoms with E-state index in [4.69, 9.17) is 9.47 Å². The van der Waals surface area contributed by atoms with E-state index in [-0.39, 0.29) is 12.5 Å². The first-order valence-electron chi connectivity index (χ1n) is 33.6. The molecule has 1 saturated heterocycles. The lowest BCUT2D eigenvalue weighted by Gasteiger charge is -2.40. The van der Waals surface area contributed by atoms with Crippen LogP contribution in [0.4, 0.5) is 0 Å². The van der Waals surface area contributed by atoms with Gasteiger partial charge in [0.2, 0.25) is 5.91 Å². The third-order valence-electron chi connectivity index (χ3n) is 16.3. The molecule has 1 heterocycles. The summed E-state index contributed by atoms with van der Waals surface area (Å²) in [5.41, 5.74) is 0. The molecule has 1 aliphatic heterocycles. The standard InChI is InChI=1S/C67H129NO8/c1-3-5-7-9-11-13-15-17-19-21-23-25-27-29-31-33-35-37-39-41-43-45-47-49-51-53-55-57-63(71)68-60(59-75-67-66(74)65(73)64(72)62(58-69)76-67)61(70)56-54-52-50-48-46-44-42-40-38-36-34-32-30-28-26-24-22-20-18-16-14-12-10-8-6-4-2/h46,48,54,56,60-62,64-67,69-70,72-74H,3-45,47,49-53,55,57-59H2,1-2H3,(H,68,71)/b48-46+,56-54+. The van der Waals surface area contributed by atoms with Gasteiger partial charge in [0.1, 0.15) is 24.4 Å². The lowest BCUT2D eigenvalue weighted by molar-refractivity contribution is -0.302. The van der Waals surface area contributed by atoms with Crippen LogP contribution >= 0.6 is 0 Å². The van der Waals surface area contributed by atoms with E-state index in [1.807, 2.05) is 6.08 Å². The molecule has 0 aromatic rings. The van der Waals surface area contributed by atoms with Gasteiger partial charge in [-0.15, -0.1) is 0 Å². The van der Waals surface area contributed by atoms with Crippen LogP contribution in [-0.4, -0.2) is 87.5 Å². The highest BCUT2D eigenvalue weighted by Crippen LogP contribution is 2.23. The third-order valence-corrected chi connectivity index (χ3v) is 16.3. The van der Waals surface area contributed by atoms with E-state index in [1.165, 1.54) is 283 Å². The highest BCUT2D eigenvalue weighted by molar-refractivity contribution is 5.76. The van der Waals surface area contributed by atoms with Crippen LogP contribution in [0.15, 0.2) is 24.3 Å². The smallest absolute Gasteiger partial charge is 0.220 e. The molecule has 0 saturated carbocycles. The highest BCUT2D eigenvalue weighted by atomic mass is 16.7. The minimum absolute atomic E-state index is 0.178. The number of rotatable bonds is 59. The van der Waals surface area contributed by atoms with Gasteiger partial charge in [0.15, 0.2) is 6.29 Å². The summed E-state index contributed by atoms with van der Waals surface area (Å²) in [5, 5.41) is 54.7. The van der Waals surface area contributed by atoms with E-state index in [1.54, 1.807) is 6.08 Å². The Morgan fingerprint density at radius 3 is 1.11 bits per heavy atom. The number of ether oxygens (including phenoxy) is 2. The van der Waals surface area contributed by atoms with Crippen molar-refractivity contribution in [3.8, 4) is 0 Å². The number of unbranched alkanes of at least 4 members (excludes halogenated alkanes) is 47. The van der Waals surface area contributed by atoms with E-state index < -0.39 is 49.5 Å². The Labute approximate surface area is 470 Å². The van der Waals surface area contributed by atoms with Crippen LogP contribution in [0, 0.1) is 0 Å². The van der Waals surface area contributed by atoms with E-state index in [2.05, 4.69) is 31.3 Å². The Bertz CT molecular complexity index is 1250. The normalized spacial score (nSPS) is 18.9. The van der Waals surface area contributed by atoms with Crippen molar-refractivity contribution in [2.45, 2.75) is 384 Å². The van der Waals surface area contributed by atoms with Crippen molar-refractivity contribution in [2.75, 3.05) is 13.2 Å². The van der Waals surface area contributed by atoms with Crippen molar-refractivity contribution >= 4 is 5.91 Å². The minimum atomic E-state index is -1.57. The topological polar surface area (TPSA) is 149 Å². The summed E-state index contributed by atoms with van der Waals surface area (Å²) in [6.07, 6.45) is 67.1. The fraction of sp³-hybridized carbons (Fsp3) is 0.925. The lowest BCUT2D eigenvalue weighted by Crippen LogP contribution is -2.60. The number of allylic oxidation sites excluding steroid dienone is 3. The van der Waals surface area contributed by atoms with Crippen molar-refractivity contribution in [3.05, 3.63) is 24.3 Å². The summed E-state index contributed by atoms with van der Waals surface area (Å²) in [4.78, 5) is 13.1. The van der Waals surface area contributed by atoms with Gasteiger partial charge in [0, 0.05) is 6.42 Å². The van der Waals surface area contributed by atoms with Gasteiger partial charge in [-0.2, -0.15) is 0 Å². The molecule has 6 N–H and O–H groups in total. The number of aliphatic hydroxyl groups excluding tert-OH is 5. The molecule has 0 aliphatic carbocycles. The van der Waals surface area contributed by atoms with E-state index in [9.17, 15) is 30.3 Å². The molecule has 450 valence electrons. The number of nitrogens with one attached hydrogen (secondary N) is 1. The molecule has 1 rings (SSSR count). The van der Waals surface area contributed by atoms with E-state index in [0.717, 1.165) is 38.5 Å². The molecular weight excluding hydrogens is 947 g/mol. The van der Waals surface area contributed by atoms with Gasteiger partial charge >= 0.3 is 0 Å². The van der Waals surface area contributed by atoms with Gasteiger partial charge in [0.25, 0.3) is 0 Å². The maximum Gasteiger partial charge on any atom is 0.220 e. The van der Waals surface area contributed by atoms with Crippen molar-refractivity contribution in [1.82, 2.24) is 5.32 Å². The molecule has 0 aromatic heterocycles. The number of hydrogen-bond acceptors (Lipinski definition) is 8. The Kier molecular flexibility index (Phi) is 54.4. The van der Waals surface area contributed by atoms with Crippen molar-refractivity contribution in [3.63, 3.8) is 0 Å². The zero-order chi connectivity index (χ0) is 55.0. The zero-order valence-corrected chi connectivity index (χ0v) is 50.3. The Balaban J connectivity index is 2.16. The fourth-order valence-electron chi connectivity index (χ4n) is 11.0. The summed E-state index contributed by atoms with van der Waals surface area (Å²) >= 11 is 0. The van der Waals surface area contributed by atoms with Crippen LogP contribution in [0.25, 0.3) is 0 Å². The van der Waals surface area contributed by atoms with Crippen LogP contribution in [0.5, 0.6) is 0 Å². The molecule has 1 amide bonds. The summed E-state index contributed by atoms with van der Waals surface area (Å²) in [6, 6.07) is -0.820.